The van der Waals surface area contributed by atoms with Crippen LogP contribution in [-0.2, 0) is 4.79 Å². The molecule has 1 unspecified atom stereocenters. The van der Waals surface area contributed by atoms with E-state index in [0.29, 0.717) is 11.2 Å². The summed E-state index contributed by atoms with van der Waals surface area (Å²) in [5, 5.41) is 15.1. The lowest BCUT2D eigenvalue weighted by Crippen LogP contribution is -2.22. The van der Waals surface area contributed by atoms with Crippen LogP contribution in [0.4, 0.5) is 0 Å². The predicted octanol–water partition coefficient (Wildman–Crippen LogP) is 2.05. The molecule has 2 heterocycles. The first kappa shape index (κ1) is 18.8. The van der Waals surface area contributed by atoms with Gasteiger partial charge in [0.25, 0.3) is 5.91 Å². The van der Waals surface area contributed by atoms with Crippen LogP contribution in [0.2, 0.25) is 0 Å². The summed E-state index contributed by atoms with van der Waals surface area (Å²) in [7, 11) is 0. The van der Waals surface area contributed by atoms with Crippen LogP contribution >= 0.6 is 0 Å². The van der Waals surface area contributed by atoms with Crippen LogP contribution in [0.1, 0.15) is 17.3 Å². The third-order valence-corrected chi connectivity index (χ3v) is 4.67. The second kappa shape index (κ2) is 7.80. The lowest BCUT2D eigenvalue weighted by Gasteiger charge is -2.11. The summed E-state index contributed by atoms with van der Waals surface area (Å²) in [6.45, 7) is 0.253. The van der Waals surface area contributed by atoms with Gasteiger partial charge in [-0.3, -0.25) is 10.0 Å². The first-order chi connectivity index (χ1) is 14.1. The lowest BCUT2D eigenvalue weighted by atomic mass is 10.0. The van der Waals surface area contributed by atoms with E-state index in [-0.39, 0.29) is 6.54 Å². The molecule has 4 aromatic rings. The highest BCUT2D eigenvalue weighted by atomic mass is 16.5. The summed E-state index contributed by atoms with van der Waals surface area (Å²) >= 11 is 0. The topological polar surface area (TPSA) is 132 Å². The Balaban J connectivity index is 1.95. The van der Waals surface area contributed by atoms with E-state index in [4.69, 9.17) is 26.8 Å². The minimum atomic E-state index is -0.602. The van der Waals surface area contributed by atoms with Crippen LogP contribution in [0.3, 0.4) is 0 Å². The van der Waals surface area contributed by atoms with Gasteiger partial charge in [0.2, 0.25) is 0 Å². The van der Waals surface area contributed by atoms with E-state index in [2.05, 4.69) is 0 Å². The molecule has 0 fully saturated rings. The molecule has 29 heavy (non-hydrogen) atoms. The Labute approximate surface area is 166 Å². The molecule has 1 amide bonds. The van der Waals surface area contributed by atoms with Gasteiger partial charge in [-0.2, -0.15) is 5.10 Å². The molecule has 0 aliphatic heterocycles. The molecule has 0 radical (unpaired) electrons. The van der Waals surface area contributed by atoms with Gasteiger partial charge >= 0.3 is 0 Å². The zero-order chi connectivity index (χ0) is 20.4. The summed E-state index contributed by atoms with van der Waals surface area (Å²) in [6, 6.07) is 14.9. The molecule has 0 spiro atoms. The van der Waals surface area contributed by atoms with Crippen molar-refractivity contribution in [3.8, 4) is 5.69 Å². The quantitative estimate of drug-likeness (QED) is 0.235. The highest BCUT2D eigenvalue weighted by molar-refractivity contribution is 6.06. The van der Waals surface area contributed by atoms with E-state index in [1.165, 1.54) is 6.08 Å². The van der Waals surface area contributed by atoms with E-state index in [0.717, 1.165) is 27.5 Å². The number of benzene rings is 2. The summed E-state index contributed by atoms with van der Waals surface area (Å²) in [5.74, 6) is -0.602. The average Bonchev–Trinajstić information content (AvgIpc) is 3.22. The van der Waals surface area contributed by atoms with E-state index in [1.807, 2.05) is 54.7 Å². The molecule has 0 saturated carbocycles. The van der Waals surface area contributed by atoms with Crippen molar-refractivity contribution in [2.75, 3.05) is 6.54 Å². The number of amides is 1. The highest BCUT2D eigenvalue weighted by Crippen LogP contribution is 2.30. The van der Waals surface area contributed by atoms with E-state index in [9.17, 15) is 4.79 Å². The number of aromatic nitrogens is 3. The number of rotatable bonds is 5. The Morgan fingerprint density at radius 3 is 2.72 bits per heavy atom. The maximum atomic E-state index is 11.3. The highest BCUT2D eigenvalue weighted by Gasteiger charge is 2.17. The monoisotopic (exact) mass is 388 g/mol. The fourth-order valence-electron chi connectivity index (χ4n) is 3.21. The van der Waals surface area contributed by atoms with Gasteiger partial charge < -0.3 is 11.5 Å². The Hall–Kier alpha value is -3.59. The van der Waals surface area contributed by atoms with Gasteiger partial charge in [-0.05, 0) is 35.9 Å². The molecule has 0 aliphatic carbocycles. The molecule has 0 saturated heterocycles. The zero-order valence-corrected chi connectivity index (χ0v) is 15.5. The second-order valence-corrected chi connectivity index (χ2v) is 6.60. The van der Waals surface area contributed by atoms with Gasteiger partial charge in [0, 0.05) is 29.6 Å². The number of nitrogens with two attached hydrogens (primary N) is 2. The van der Waals surface area contributed by atoms with Crippen molar-refractivity contribution in [2.45, 2.75) is 6.04 Å². The molecule has 1 atom stereocenters. The molecular weight excluding hydrogens is 368 g/mol. The molecule has 6 N–H and O–H groups in total. The number of nitrogens with one attached hydrogen (secondary N) is 1. The van der Waals surface area contributed by atoms with Crippen molar-refractivity contribution in [1.29, 1.82) is 0 Å². The molecule has 4 rings (SSSR count). The second-order valence-electron chi connectivity index (χ2n) is 6.60. The lowest BCUT2D eigenvalue weighted by molar-refractivity contribution is -0.124. The largest absolute Gasteiger partial charge is 0.329 e. The number of hydrogen-bond acceptors (Lipinski definition) is 6. The molecule has 2 aromatic heterocycles. The first-order valence-electron chi connectivity index (χ1n) is 9.07. The molecule has 0 aliphatic rings. The van der Waals surface area contributed by atoms with Crippen LogP contribution < -0.4 is 16.9 Å². The Bertz CT molecular complexity index is 1220. The van der Waals surface area contributed by atoms with Crippen LogP contribution in [0, 0.1) is 0 Å². The van der Waals surface area contributed by atoms with Crippen LogP contribution in [0.25, 0.3) is 33.6 Å². The third-order valence-electron chi connectivity index (χ3n) is 4.67. The number of para-hydroxylation sites is 1. The normalized spacial score (nSPS) is 12.7. The number of carbonyl (C=O) groups is 1. The zero-order valence-electron chi connectivity index (χ0n) is 15.5. The van der Waals surface area contributed by atoms with Crippen molar-refractivity contribution in [3.63, 3.8) is 0 Å². The van der Waals surface area contributed by atoms with Crippen LogP contribution in [0.15, 0.2) is 60.8 Å². The van der Waals surface area contributed by atoms with Crippen LogP contribution in [-0.4, -0.2) is 32.4 Å². The Morgan fingerprint density at radius 2 is 2.00 bits per heavy atom. The average molecular weight is 388 g/mol. The number of fused-ring (bicyclic) bond motifs is 3. The van der Waals surface area contributed by atoms with E-state index < -0.39 is 11.9 Å². The van der Waals surface area contributed by atoms with Gasteiger partial charge in [-0.1, -0.05) is 24.3 Å². The van der Waals surface area contributed by atoms with E-state index >= 15 is 0 Å². The fraction of sp³-hybridized carbons (Fsp3) is 0.0952. The van der Waals surface area contributed by atoms with E-state index in [1.54, 1.807) is 16.2 Å². The molecule has 0 bridgehead atoms. The number of pyridine rings is 1. The number of nitrogens with zero attached hydrogens (tertiary/aromatic N) is 3. The Morgan fingerprint density at radius 1 is 1.21 bits per heavy atom. The SMILES string of the molecule is NCC(N)c1nc2ccc(/C=C/C(=O)NO)cc2c2cn(-c3ccccc3)nc12. The first-order valence-corrected chi connectivity index (χ1v) is 9.07. The predicted molar refractivity (Wildman–Crippen MR) is 111 cm³/mol. The van der Waals surface area contributed by atoms with Crippen molar-refractivity contribution >= 4 is 33.8 Å². The minimum absolute atomic E-state index is 0.253. The Kier molecular flexibility index (Phi) is 5.05. The van der Waals surface area contributed by atoms with Crippen molar-refractivity contribution in [3.05, 3.63) is 72.1 Å². The summed E-state index contributed by atoms with van der Waals surface area (Å²) < 4.78 is 1.79. The summed E-state index contributed by atoms with van der Waals surface area (Å²) in [5.41, 5.74) is 17.4. The molecule has 2 aromatic carbocycles. The standard InChI is InChI=1S/C21H20N6O2/c22-11-17(23)21-20-16(12-27(25-20)14-4-2-1-3-5-14)15-10-13(6-8-18(15)24-21)7-9-19(28)26-29/h1-10,12,17,29H,11,22-23H2,(H,26,28)/b9-7+. The van der Waals surface area contributed by atoms with Gasteiger partial charge in [-0.25, -0.2) is 15.1 Å². The molecule has 8 nitrogen and oxygen atoms in total. The minimum Gasteiger partial charge on any atom is -0.329 e. The van der Waals surface area contributed by atoms with Gasteiger partial charge in [0.05, 0.1) is 22.9 Å². The smallest absolute Gasteiger partial charge is 0.267 e. The summed E-state index contributed by atoms with van der Waals surface area (Å²) in [6.07, 6.45) is 4.80. The summed E-state index contributed by atoms with van der Waals surface area (Å²) in [4.78, 5) is 16.0. The maximum absolute atomic E-state index is 11.3. The van der Waals surface area contributed by atoms with Crippen molar-refractivity contribution in [1.82, 2.24) is 20.2 Å². The molecular formula is C21H20N6O2. The number of hydroxylamine groups is 1. The molecule has 8 heteroatoms. The maximum Gasteiger partial charge on any atom is 0.267 e. The number of hydrogen-bond donors (Lipinski definition) is 4. The van der Waals surface area contributed by atoms with Gasteiger partial charge in [0.15, 0.2) is 0 Å². The van der Waals surface area contributed by atoms with Gasteiger partial charge in [-0.15, -0.1) is 0 Å². The van der Waals surface area contributed by atoms with Crippen LogP contribution in [0.5, 0.6) is 0 Å². The van der Waals surface area contributed by atoms with Crippen molar-refractivity contribution < 1.29 is 10.0 Å². The number of carbonyl (C=O) groups excluding carboxylic acids is 1. The molecule has 146 valence electrons. The third kappa shape index (κ3) is 3.59. The van der Waals surface area contributed by atoms with Gasteiger partial charge in [0.1, 0.15) is 5.52 Å². The fourth-order valence-corrected chi connectivity index (χ4v) is 3.21. The van der Waals surface area contributed by atoms with Crippen molar-refractivity contribution in [2.24, 2.45) is 11.5 Å².